The number of hydrogen-bond acceptors (Lipinski definition) is 4. The molecule has 2 aromatic carbocycles. The molecule has 0 aliphatic carbocycles. The molecule has 2 aliphatic heterocycles. The Morgan fingerprint density at radius 2 is 1.59 bits per heavy atom. The number of aromatic carboxylic acids is 1. The fourth-order valence-electron chi connectivity index (χ4n) is 4.96. The molecule has 0 unspecified atom stereocenters. The molecule has 8 heteroatoms. The lowest BCUT2D eigenvalue weighted by Crippen LogP contribution is -2.49. The van der Waals surface area contributed by atoms with Gasteiger partial charge in [-0.05, 0) is 54.8 Å². The van der Waals surface area contributed by atoms with Gasteiger partial charge < -0.3 is 19.9 Å². The highest BCUT2D eigenvalue weighted by Gasteiger charge is 2.37. The highest BCUT2D eigenvalue weighted by atomic mass is 16.4. The van der Waals surface area contributed by atoms with E-state index >= 15 is 0 Å². The van der Waals surface area contributed by atoms with E-state index in [1.54, 1.807) is 51.9 Å². The van der Waals surface area contributed by atoms with Crippen LogP contribution in [0.15, 0.2) is 71.5 Å². The molecule has 2 bridgehead atoms. The fourth-order valence-corrected chi connectivity index (χ4v) is 4.96. The summed E-state index contributed by atoms with van der Waals surface area (Å²) in [7, 11) is 0. The number of likely N-dealkylation sites (tertiary alicyclic amines) is 1. The van der Waals surface area contributed by atoms with Gasteiger partial charge in [-0.2, -0.15) is 0 Å². The molecule has 2 atom stereocenters. The lowest BCUT2D eigenvalue weighted by Gasteiger charge is -2.43. The van der Waals surface area contributed by atoms with E-state index < -0.39 is 5.97 Å². The minimum atomic E-state index is -1.08. The third-order valence-corrected chi connectivity index (χ3v) is 6.53. The van der Waals surface area contributed by atoms with Crippen molar-refractivity contribution in [3.63, 3.8) is 0 Å². The number of aromatic nitrogens is 1. The zero-order valence-electron chi connectivity index (χ0n) is 18.3. The molecular formula is C26H23N3O5. The number of carbonyl (C=O) groups is 3. The Balaban J connectivity index is 1.37. The first-order valence-electron chi connectivity index (χ1n) is 11.1. The summed E-state index contributed by atoms with van der Waals surface area (Å²) in [5.41, 5.74) is 1.72. The zero-order chi connectivity index (χ0) is 23.8. The summed E-state index contributed by atoms with van der Waals surface area (Å²) in [6.07, 6.45) is 0.869. The SMILES string of the molecule is O=C(O)c1cccc(C(=O)N2C[C@@H]3C[C@H](C2)c2ccc(NC(=O)c4ccccc4)c(=O)n2C3)c1. The molecule has 3 aromatic rings. The number of amides is 2. The van der Waals surface area contributed by atoms with Crippen molar-refractivity contribution in [1.29, 1.82) is 0 Å². The van der Waals surface area contributed by atoms with Gasteiger partial charge in [-0.15, -0.1) is 0 Å². The van der Waals surface area contributed by atoms with Crippen LogP contribution in [0.25, 0.3) is 0 Å². The molecule has 0 saturated carbocycles. The summed E-state index contributed by atoms with van der Waals surface area (Å²) in [5, 5.41) is 11.9. The molecule has 0 spiro atoms. The van der Waals surface area contributed by atoms with Crippen molar-refractivity contribution in [3.05, 3.63) is 99.5 Å². The maximum absolute atomic E-state index is 13.2. The summed E-state index contributed by atoms with van der Waals surface area (Å²) < 4.78 is 1.71. The number of anilines is 1. The van der Waals surface area contributed by atoms with Crippen LogP contribution in [0.4, 0.5) is 5.69 Å². The van der Waals surface area contributed by atoms with Gasteiger partial charge in [0.15, 0.2) is 0 Å². The largest absolute Gasteiger partial charge is 0.478 e. The number of carboxylic acid groups (broad SMARTS) is 1. The summed E-state index contributed by atoms with van der Waals surface area (Å²) in [6.45, 7) is 1.39. The van der Waals surface area contributed by atoms with Gasteiger partial charge in [0.25, 0.3) is 17.4 Å². The van der Waals surface area contributed by atoms with Crippen LogP contribution in [0.5, 0.6) is 0 Å². The molecule has 2 N–H and O–H groups in total. The highest BCUT2D eigenvalue weighted by Crippen LogP contribution is 2.36. The minimum absolute atomic E-state index is 0.00863. The van der Waals surface area contributed by atoms with Crippen LogP contribution in [0, 0.1) is 5.92 Å². The number of carbonyl (C=O) groups excluding carboxylic acids is 2. The van der Waals surface area contributed by atoms with Crippen LogP contribution in [0.2, 0.25) is 0 Å². The standard InChI is InChI=1S/C26H23N3O5/c30-23(17-5-2-1-3-6-17)27-21-9-10-22-20-11-16(14-29(22)25(21)32)13-28(15-20)24(31)18-7-4-8-19(12-18)26(33)34/h1-10,12,16,20H,11,13-15H2,(H,27,30)(H,33,34)/t16-,20+/m0/s1. The quantitative estimate of drug-likeness (QED) is 0.626. The second kappa shape index (κ2) is 8.62. The second-order valence-corrected chi connectivity index (χ2v) is 8.80. The molecule has 1 saturated heterocycles. The van der Waals surface area contributed by atoms with E-state index in [1.807, 2.05) is 12.1 Å². The Morgan fingerprint density at radius 1 is 0.853 bits per heavy atom. The van der Waals surface area contributed by atoms with Gasteiger partial charge in [0.1, 0.15) is 5.69 Å². The molecule has 3 heterocycles. The number of carboxylic acids is 1. The van der Waals surface area contributed by atoms with Crippen LogP contribution < -0.4 is 10.9 Å². The van der Waals surface area contributed by atoms with Crippen molar-refractivity contribution in [2.24, 2.45) is 5.92 Å². The highest BCUT2D eigenvalue weighted by molar-refractivity contribution is 6.04. The normalized spacial score (nSPS) is 18.6. The lowest BCUT2D eigenvalue weighted by molar-refractivity contribution is 0.0594. The molecule has 34 heavy (non-hydrogen) atoms. The summed E-state index contributed by atoms with van der Waals surface area (Å²) in [6, 6.07) is 18.3. The van der Waals surface area contributed by atoms with Crippen molar-refractivity contribution >= 4 is 23.5 Å². The van der Waals surface area contributed by atoms with Gasteiger partial charge in [-0.1, -0.05) is 24.3 Å². The minimum Gasteiger partial charge on any atom is -0.478 e. The smallest absolute Gasteiger partial charge is 0.335 e. The Labute approximate surface area is 195 Å². The first kappa shape index (κ1) is 21.6. The van der Waals surface area contributed by atoms with Crippen LogP contribution in [-0.4, -0.2) is 45.4 Å². The number of benzene rings is 2. The third-order valence-electron chi connectivity index (χ3n) is 6.53. The monoisotopic (exact) mass is 457 g/mol. The predicted octanol–water partition coefficient (Wildman–Crippen LogP) is 3.06. The van der Waals surface area contributed by atoms with E-state index in [9.17, 15) is 24.3 Å². The predicted molar refractivity (Wildman–Crippen MR) is 125 cm³/mol. The average Bonchev–Trinajstić information content (AvgIpc) is 2.86. The topological polar surface area (TPSA) is 109 Å². The van der Waals surface area contributed by atoms with E-state index in [-0.39, 0.29) is 40.5 Å². The van der Waals surface area contributed by atoms with Crippen molar-refractivity contribution in [2.75, 3.05) is 18.4 Å². The molecule has 8 nitrogen and oxygen atoms in total. The van der Waals surface area contributed by atoms with E-state index in [0.29, 0.717) is 30.8 Å². The third kappa shape index (κ3) is 3.98. The first-order valence-corrected chi connectivity index (χ1v) is 11.1. The van der Waals surface area contributed by atoms with E-state index in [0.717, 1.165) is 12.1 Å². The molecular weight excluding hydrogens is 434 g/mol. The Bertz CT molecular complexity index is 1350. The van der Waals surface area contributed by atoms with E-state index in [2.05, 4.69) is 5.32 Å². The van der Waals surface area contributed by atoms with Crippen molar-refractivity contribution in [2.45, 2.75) is 18.9 Å². The summed E-state index contributed by atoms with van der Waals surface area (Å²) >= 11 is 0. The van der Waals surface area contributed by atoms with E-state index in [4.69, 9.17) is 0 Å². The van der Waals surface area contributed by atoms with Gasteiger partial charge >= 0.3 is 5.97 Å². The van der Waals surface area contributed by atoms with Gasteiger partial charge in [-0.3, -0.25) is 14.4 Å². The first-order chi connectivity index (χ1) is 16.4. The van der Waals surface area contributed by atoms with Gasteiger partial charge in [0.05, 0.1) is 5.56 Å². The average molecular weight is 457 g/mol. The number of piperidine rings is 1. The number of fused-ring (bicyclic) bond motifs is 4. The molecule has 5 rings (SSSR count). The Kier molecular flexibility index (Phi) is 5.49. The maximum Gasteiger partial charge on any atom is 0.335 e. The molecule has 1 aromatic heterocycles. The number of rotatable bonds is 4. The molecule has 0 radical (unpaired) electrons. The van der Waals surface area contributed by atoms with Crippen LogP contribution in [0.3, 0.4) is 0 Å². The number of nitrogens with one attached hydrogen (secondary N) is 1. The number of nitrogens with zero attached hydrogens (tertiary/aromatic N) is 2. The fraction of sp³-hybridized carbons (Fsp3) is 0.231. The molecule has 1 fully saturated rings. The van der Waals surface area contributed by atoms with Gasteiger partial charge in [-0.25, -0.2) is 4.79 Å². The number of hydrogen-bond donors (Lipinski definition) is 2. The Morgan fingerprint density at radius 3 is 2.35 bits per heavy atom. The summed E-state index contributed by atoms with van der Waals surface area (Å²) in [5.74, 6) is -1.54. The zero-order valence-corrected chi connectivity index (χ0v) is 18.3. The van der Waals surface area contributed by atoms with Crippen molar-refractivity contribution < 1.29 is 19.5 Å². The number of pyridine rings is 1. The van der Waals surface area contributed by atoms with Crippen molar-refractivity contribution in [1.82, 2.24) is 9.47 Å². The van der Waals surface area contributed by atoms with E-state index in [1.165, 1.54) is 12.1 Å². The van der Waals surface area contributed by atoms with Crippen LogP contribution in [-0.2, 0) is 6.54 Å². The second-order valence-electron chi connectivity index (χ2n) is 8.80. The summed E-state index contributed by atoms with van der Waals surface area (Å²) in [4.78, 5) is 51.8. The van der Waals surface area contributed by atoms with Gasteiger partial charge in [0.2, 0.25) is 0 Å². The van der Waals surface area contributed by atoms with Crippen molar-refractivity contribution in [3.8, 4) is 0 Å². The lowest BCUT2D eigenvalue weighted by atomic mass is 9.83. The van der Waals surface area contributed by atoms with Gasteiger partial charge in [0, 0.05) is 42.4 Å². The maximum atomic E-state index is 13.2. The van der Waals surface area contributed by atoms with Crippen LogP contribution in [0.1, 0.15) is 49.1 Å². The molecule has 2 aliphatic rings. The Hall–Kier alpha value is -4.20. The molecule has 2 amide bonds. The van der Waals surface area contributed by atoms with Crippen LogP contribution >= 0.6 is 0 Å². The molecule has 172 valence electrons.